The van der Waals surface area contributed by atoms with Gasteiger partial charge in [0, 0.05) is 23.2 Å². The summed E-state index contributed by atoms with van der Waals surface area (Å²) in [6, 6.07) is 13.8. The van der Waals surface area contributed by atoms with Gasteiger partial charge in [0.05, 0.1) is 0 Å². The second-order valence-electron chi connectivity index (χ2n) is 5.03. The number of hydrogen-bond acceptors (Lipinski definition) is 2. The summed E-state index contributed by atoms with van der Waals surface area (Å²) >= 11 is 6.04. The highest BCUT2D eigenvalue weighted by Crippen LogP contribution is 2.23. The Morgan fingerprint density at radius 1 is 1.20 bits per heavy atom. The van der Waals surface area contributed by atoms with E-state index < -0.39 is 0 Å². The number of phenols is 1. The maximum atomic E-state index is 9.87. The third kappa shape index (κ3) is 3.75. The van der Waals surface area contributed by atoms with Gasteiger partial charge in [-0.1, -0.05) is 48.4 Å². The lowest BCUT2D eigenvalue weighted by Gasteiger charge is -2.18. The van der Waals surface area contributed by atoms with E-state index in [-0.39, 0.29) is 6.04 Å². The molecule has 20 heavy (non-hydrogen) atoms. The molecule has 0 radical (unpaired) electrons. The Labute approximate surface area is 125 Å². The molecule has 0 amide bonds. The van der Waals surface area contributed by atoms with Crippen LogP contribution in [0.5, 0.6) is 5.75 Å². The zero-order valence-corrected chi connectivity index (χ0v) is 12.6. The normalized spacial score (nSPS) is 12.3. The van der Waals surface area contributed by atoms with Crippen molar-refractivity contribution in [2.24, 2.45) is 0 Å². The molecule has 0 aliphatic heterocycles. The number of nitrogens with one attached hydrogen (secondary N) is 1. The van der Waals surface area contributed by atoms with Crippen molar-refractivity contribution in [3.63, 3.8) is 0 Å². The zero-order chi connectivity index (χ0) is 14.5. The molecule has 3 heteroatoms. The first-order chi connectivity index (χ1) is 9.60. The molecule has 0 heterocycles. The average molecular weight is 290 g/mol. The Hall–Kier alpha value is -1.51. The van der Waals surface area contributed by atoms with Crippen molar-refractivity contribution in [3.8, 4) is 5.75 Å². The molecule has 0 saturated carbocycles. The van der Waals surface area contributed by atoms with Gasteiger partial charge < -0.3 is 10.4 Å². The van der Waals surface area contributed by atoms with Crippen LogP contribution in [0.1, 0.15) is 36.1 Å². The van der Waals surface area contributed by atoms with Gasteiger partial charge in [-0.25, -0.2) is 0 Å². The minimum atomic E-state index is 0.230. The van der Waals surface area contributed by atoms with E-state index in [0.29, 0.717) is 12.3 Å². The van der Waals surface area contributed by atoms with Crippen LogP contribution < -0.4 is 5.32 Å². The molecule has 0 fully saturated rings. The first kappa shape index (κ1) is 14.9. The summed E-state index contributed by atoms with van der Waals surface area (Å²) in [5.41, 5.74) is 3.24. The first-order valence-electron chi connectivity index (χ1n) is 6.87. The van der Waals surface area contributed by atoms with Gasteiger partial charge in [-0.2, -0.15) is 0 Å². The fourth-order valence-electron chi connectivity index (χ4n) is 2.31. The van der Waals surface area contributed by atoms with Crippen molar-refractivity contribution in [2.45, 2.75) is 32.9 Å². The topological polar surface area (TPSA) is 32.3 Å². The largest absolute Gasteiger partial charge is 0.508 e. The van der Waals surface area contributed by atoms with E-state index in [0.717, 1.165) is 22.6 Å². The monoisotopic (exact) mass is 289 g/mol. The standard InChI is InChI=1S/C17H20ClNO/c1-3-16(13-5-4-6-15(18)10-13)19-11-14-9-12(2)7-8-17(14)20/h4-10,16,19-20H,3,11H2,1-2H3. The van der Waals surface area contributed by atoms with Gasteiger partial charge in [0.15, 0.2) is 0 Å². The minimum absolute atomic E-state index is 0.230. The van der Waals surface area contributed by atoms with Crippen molar-refractivity contribution in [3.05, 3.63) is 64.2 Å². The van der Waals surface area contributed by atoms with Crippen molar-refractivity contribution in [1.82, 2.24) is 5.32 Å². The van der Waals surface area contributed by atoms with Crippen molar-refractivity contribution in [2.75, 3.05) is 0 Å². The van der Waals surface area contributed by atoms with Crippen molar-refractivity contribution < 1.29 is 5.11 Å². The van der Waals surface area contributed by atoms with Crippen LogP contribution in [0.15, 0.2) is 42.5 Å². The van der Waals surface area contributed by atoms with E-state index in [1.54, 1.807) is 6.07 Å². The summed E-state index contributed by atoms with van der Waals surface area (Å²) in [4.78, 5) is 0. The predicted molar refractivity (Wildman–Crippen MR) is 84.2 cm³/mol. The maximum Gasteiger partial charge on any atom is 0.120 e. The lowest BCUT2D eigenvalue weighted by atomic mass is 10.0. The van der Waals surface area contributed by atoms with E-state index in [1.807, 2.05) is 37.3 Å². The zero-order valence-electron chi connectivity index (χ0n) is 11.9. The molecule has 1 atom stereocenters. The summed E-state index contributed by atoms with van der Waals surface area (Å²) in [6.45, 7) is 4.80. The number of benzene rings is 2. The Morgan fingerprint density at radius 2 is 2.00 bits per heavy atom. The predicted octanol–water partition coefficient (Wildman–Crippen LogP) is 4.59. The van der Waals surface area contributed by atoms with E-state index in [4.69, 9.17) is 11.6 Å². The fraction of sp³-hybridized carbons (Fsp3) is 0.294. The molecule has 0 spiro atoms. The molecular weight excluding hydrogens is 270 g/mol. The van der Waals surface area contributed by atoms with Crippen LogP contribution in [0.3, 0.4) is 0 Å². The van der Waals surface area contributed by atoms with Crippen LogP contribution in [0, 0.1) is 6.92 Å². The van der Waals surface area contributed by atoms with Gasteiger partial charge >= 0.3 is 0 Å². The summed E-state index contributed by atoms with van der Waals surface area (Å²) in [7, 11) is 0. The molecular formula is C17H20ClNO. The molecule has 2 nitrogen and oxygen atoms in total. The smallest absolute Gasteiger partial charge is 0.120 e. The highest BCUT2D eigenvalue weighted by molar-refractivity contribution is 6.30. The Morgan fingerprint density at radius 3 is 2.70 bits per heavy atom. The molecule has 2 N–H and O–H groups in total. The van der Waals surface area contributed by atoms with Crippen LogP contribution in [-0.2, 0) is 6.54 Å². The van der Waals surface area contributed by atoms with Crippen molar-refractivity contribution in [1.29, 1.82) is 0 Å². The highest BCUT2D eigenvalue weighted by atomic mass is 35.5. The SMILES string of the molecule is CCC(NCc1cc(C)ccc1O)c1cccc(Cl)c1. The highest BCUT2D eigenvalue weighted by Gasteiger charge is 2.10. The van der Waals surface area contributed by atoms with E-state index in [9.17, 15) is 5.11 Å². The number of hydrogen-bond donors (Lipinski definition) is 2. The average Bonchev–Trinajstić information content (AvgIpc) is 2.43. The van der Waals surface area contributed by atoms with Gasteiger partial charge in [-0.15, -0.1) is 0 Å². The summed E-state index contributed by atoms with van der Waals surface area (Å²) in [5, 5.41) is 14.1. The Balaban J connectivity index is 2.09. The summed E-state index contributed by atoms with van der Waals surface area (Å²) in [5.74, 6) is 0.337. The number of aryl methyl sites for hydroxylation is 1. The Bertz CT molecular complexity index is 583. The third-order valence-electron chi connectivity index (χ3n) is 3.43. The molecule has 106 valence electrons. The van der Waals surface area contributed by atoms with Gasteiger partial charge in [0.1, 0.15) is 5.75 Å². The van der Waals surface area contributed by atoms with Gasteiger partial charge in [0.25, 0.3) is 0 Å². The summed E-state index contributed by atoms with van der Waals surface area (Å²) in [6.07, 6.45) is 0.965. The molecule has 1 unspecified atom stereocenters. The first-order valence-corrected chi connectivity index (χ1v) is 7.25. The molecule has 2 aromatic carbocycles. The van der Waals surface area contributed by atoms with Gasteiger partial charge in [0.2, 0.25) is 0 Å². The van der Waals surface area contributed by atoms with Crippen LogP contribution in [0.4, 0.5) is 0 Å². The molecule has 0 aliphatic rings. The van der Waals surface area contributed by atoms with Crippen LogP contribution >= 0.6 is 11.6 Å². The second-order valence-corrected chi connectivity index (χ2v) is 5.47. The number of aromatic hydroxyl groups is 1. The van der Waals surface area contributed by atoms with Crippen LogP contribution in [0.2, 0.25) is 5.02 Å². The molecule has 0 saturated heterocycles. The fourth-order valence-corrected chi connectivity index (χ4v) is 2.51. The maximum absolute atomic E-state index is 9.87. The lowest BCUT2D eigenvalue weighted by Crippen LogP contribution is -2.20. The Kier molecular flexibility index (Phi) is 5.05. The van der Waals surface area contributed by atoms with Crippen LogP contribution in [-0.4, -0.2) is 5.11 Å². The lowest BCUT2D eigenvalue weighted by molar-refractivity contribution is 0.455. The molecule has 2 rings (SSSR count). The van der Waals surface area contributed by atoms with Crippen LogP contribution in [0.25, 0.3) is 0 Å². The number of rotatable bonds is 5. The van der Waals surface area contributed by atoms with E-state index in [2.05, 4.69) is 18.3 Å². The molecule has 2 aromatic rings. The third-order valence-corrected chi connectivity index (χ3v) is 3.67. The van der Waals surface area contributed by atoms with E-state index >= 15 is 0 Å². The van der Waals surface area contributed by atoms with E-state index in [1.165, 1.54) is 5.56 Å². The quantitative estimate of drug-likeness (QED) is 0.843. The summed E-state index contributed by atoms with van der Waals surface area (Å²) < 4.78 is 0. The molecule has 0 aliphatic carbocycles. The molecule has 0 aromatic heterocycles. The molecule has 0 bridgehead atoms. The van der Waals surface area contributed by atoms with Gasteiger partial charge in [-0.05, 0) is 37.1 Å². The van der Waals surface area contributed by atoms with Gasteiger partial charge in [-0.3, -0.25) is 0 Å². The van der Waals surface area contributed by atoms with Crippen molar-refractivity contribution >= 4 is 11.6 Å². The second kappa shape index (κ2) is 6.78. The number of phenolic OH excluding ortho intramolecular Hbond substituents is 1. The number of halogens is 1. The minimum Gasteiger partial charge on any atom is -0.508 e.